The predicted molar refractivity (Wildman–Crippen MR) is 88.1 cm³/mol. The number of nitrogens with zero attached hydrogens (tertiary/aromatic N) is 2. The Kier molecular flexibility index (Phi) is 3.92. The summed E-state index contributed by atoms with van der Waals surface area (Å²) in [5.74, 6) is 1.09. The van der Waals surface area contributed by atoms with E-state index >= 15 is 0 Å². The number of aromatic hydroxyl groups is 1. The van der Waals surface area contributed by atoms with E-state index in [0.29, 0.717) is 23.7 Å². The van der Waals surface area contributed by atoms with Crippen LogP contribution in [0.2, 0.25) is 0 Å². The molecular formula is C16H13IN2O2. The smallest absolute Gasteiger partial charge is 0.261 e. The lowest BCUT2D eigenvalue weighted by Crippen LogP contribution is -1.91. The van der Waals surface area contributed by atoms with Crippen LogP contribution < -0.4 is 0 Å². The summed E-state index contributed by atoms with van der Waals surface area (Å²) >= 11 is 2.18. The monoisotopic (exact) mass is 392 g/mol. The van der Waals surface area contributed by atoms with Crippen LogP contribution in [0.4, 0.5) is 0 Å². The zero-order valence-electron chi connectivity index (χ0n) is 11.4. The summed E-state index contributed by atoms with van der Waals surface area (Å²) in [4.78, 5) is 4.37. The highest BCUT2D eigenvalue weighted by atomic mass is 127. The molecule has 0 radical (unpaired) electrons. The molecule has 0 amide bonds. The van der Waals surface area contributed by atoms with Crippen molar-refractivity contribution < 1.29 is 9.63 Å². The molecule has 2 aromatic carbocycles. The van der Waals surface area contributed by atoms with E-state index in [2.05, 4.69) is 51.8 Å². The van der Waals surface area contributed by atoms with Gasteiger partial charge in [0.15, 0.2) is 5.82 Å². The summed E-state index contributed by atoms with van der Waals surface area (Å²) in [5, 5.41) is 13.9. The van der Waals surface area contributed by atoms with Crippen molar-refractivity contribution in [2.24, 2.45) is 0 Å². The van der Waals surface area contributed by atoms with Gasteiger partial charge in [-0.1, -0.05) is 35.0 Å². The van der Waals surface area contributed by atoms with Crippen LogP contribution in [0.25, 0.3) is 11.5 Å². The first-order valence-corrected chi connectivity index (χ1v) is 7.57. The fraction of sp³-hybridized carbons (Fsp3) is 0.125. The molecule has 0 spiro atoms. The van der Waals surface area contributed by atoms with Crippen LogP contribution in [-0.4, -0.2) is 15.2 Å². The largest absolute Gasteiger partial charge is 0.507 e. The Balaban J connectivity index is 1.88. The molecule has 0 saturated carbocycles. The summed E-state index contributed by atoms with van der Waals surface area (Å²) < 4.78 is 6.26. The van der Waals surface area contributed by atoms with Crippen LogP contribution in [0.5, 0.6) is 5.75 Å². The van der Waals surface area contributed by atoms with Crippen LogP contribution in [0.15, 0.2) is 47.0 Å². The van der Waals surface area contributed by atoms with E-state index in [1.165, 1.54) is 5.56 Å². The molecule has 1 N–H and O–H groups in total. The fourth-order valence-corrected chi connectivity index (χ4v) is 2.61. The molecule has 106 valence electrons. The third-order valence-corrected chi connectivity index (χ3v) is 3.77. The molecule has 3 rings (SSSR count). The van der Waals surface area contributed by atoms with Crippen molar-refractivity contribution in [2.75, 3.05) is 0 Å². The average Bonchev–Trinajstić information content (AvgIpc) is 2.90. The highest BCUT2D eigenvalue weighted by Crippen LogP contribution is 2.29. The maximum Gasteiger partial charge on any atom is 0.261 e. The van der Waals surface area contributed by atoms with E-state index < -0.39 is 0 Å². The van der Waals surface area contributed by atoms with Gasteiger partial charge in [0, 0.05) is 9.99 Å². The number of hydrogen-bond donors (Lipinski definition) is 1. The van der Waals surface area contributed by atoms with E-state index in [1.807, 2.05) is 24.3 Å². The second-order valence-corrected chi connectivity index (χ2v) is 6.09. The Morgan fingerprint density at radius 1 is 1.19 bits per heavy atom. The molecule has 0 saturated heterocycles. The normalized spacial score (nSPS) is 10.8. The van der Waals surface area contributed by atoms with Crippen LogP contribution >= 0.6 is 22.6 Å². The van der Waals surface area contributed by atoms with Gasteiger partial charge in [0.25, 0.3) is 5.89 Å². The summed E-state index contributed by atoms with van der Waals surface area (Å²) in [7, 11) is 0. The standard InChI is InChI=1S/C16H13IN2O2/c1-10-3-2-4-11(7-10)8-15-18-16(21-19-15)13-9-12(17)5-6-14(13)20/h2-7,9,20H,8H2,1H3. The molecule has 0 bridgehead atoms. The van der Waals surface area contributed by atoms with E-state index in [4.69, 9.17) is 4.52 Å². The quantitative estimate of drug-likeness (QED) is 0.686. The molecule has 0 fully saturated rings. The van der Waals surface area contributed by atoms with Crippen LogP contribution in [0.1, 0.15) is 17.0 Å². The number of aromatic nitrogens is 2. The van der Waals surface area contributed by atoms with Gasteiger partial charge < -0.3 is 9.63 Å². The molecule has 1 aromatic heterocycles. The van der Waals surface area contributed by atoms with Crippen molar-refractivity contribution >= 4 is 22.6 Å². The first-order valence-electron chi connectivity index (χ1n) is 6.49. The highest BCUT2D eigenvalue weighted by molar-refractivity contribution is 14.1. The van der Waals surface area contributed by atoms with Crippen LogP contribution in [0.3, 0.4) is 0 Å². The molecule has 4 nitrogen and oxygen atoms in total. The van der Waals surface area contributed by atoms with E-state index in [1.54, 1.807) is 6.07 Å². The third-order valence-electron chi connectivity index (χ3n) is 3.10. The number of benzene rings is 2. The molecule has 3 aromatic rings. The van der Waals surface area contributed by atoms with Gasteiger partial charge in [-0.3, -0.25) is 0 Å². The van der Waals surface area contributed by atoms with Gasteiger partial charge in [-0.25, -0.2) is 0 Å². The summed E-state index contributed by atoms with van der Waals surface area (Å²) in [6, 6.07) is 13.5. The molecule has 5 heteroatoms. The number of phenolic OH excluding ortho intramolecular Hbond substituents is 1. The van der Waals surface area contributed by atoms with Gasteiger partial charge in [-0.2, -0.15) is 4.98 Å². The van der Waals surface area contributed by atoms with Gasteiger partial charge in [-0.05, 0) is 53.3 Å². The Morgan fingerprint density at radius 2 is 2.05 bits per heavy atom. The van der Waals surface area contributed by atoms with Crippen molar-refractivity contribution in [1.82, 2.24) is 10.1 Å². The number of rotatable bonds is 3. The van der Waals surface area contributed by atoms with Crippen molar-refractivity contribution in [3.05, 3.63) is 63.0 Å². The predicted octanol–water partition coefficient (Wildman–Crippen LogP) is 3.95. The second-order valence-electron chi connectivity index (χ2n) is 4.84. The first-order chi connectivity index (χ1) is 10.1. The zero-order chi connectivity index (χ0) is 14.8. The minimum atomic E-state index is 0.140. The number of hydrogen-bond acceptors (Lipinski definition) is 4. The lowest BCUT2D eigenvalue weighted by molar-refractivity contribution is 0.418. The fourth-order valence-electron chi connectivity index (χ4n) is 2.12. The maximum atomic E-state index is 9.89. The summed E-state index contributed by atoms with van der Waals surface area (Å²) in [5.41, 5.74) is 2.89. The van der Waals surface area contributed by atoms with Gasteiger partial charge in [0.05, 0.1) is 5.56 Å². The third kappa shape index (κ3) is 3.24. The van der Waals surface area contributed by atoms with Gasteiger partial charge in [0.1, 0.15) is 5.75 Å². The van der Waals surface area contributed by atoms with Crippen LogP contribution in [-0.2, 0) is 6.42 Å². The molecule has 0 unspecified atom stereocenters. The highest BCUT2D eigenvalue weighted by Gasteiger charge is 2.13. The Morgan fingerprint density at radius 3 is 2.86 bits per heavy atom. The van der Waals surface area contributed by atoms with E-state index in [-0.39, 0.29) is 5.75 Å². The zero-order valence-corrected chi connectivity index (χ0v) is 13.5. The molecule has 21 heavy (non-hydrogen) atoms. The number of phenols is 1. The van der Waals surface area contributed by atoms with Gasteiger partial charge >= 0.3 is 0 Å². The SMILES string of the molecule is Cc1cccc(Cc2noc(-c3cc(I)ccc3O)n2)c1. The van der Waals surface area contributed by atoms with Crippen LogP contribution in [0, 0.1) is 10.5 Å². The van der Waals surface area contributed by atoms with Gasteiger partial charge in [0.2, 0.25) is 0 Å². The topological polar surface area (TPSA) is 59.2 Å². The van der Waals surface area contributed by atoms with Crippen molar-refractivity contribution in [3.8, 4) is 17.2 Å². The number of halogens is 1. The number of aryl methyl sites for hydroxylation is 1. The average molecular weight is 392 g/mol. The second kappa shape index (κ2) is 5.85. The van der Waals surface area contributed by atoms with E-state index in [9.17, 15) is 5.11 Å². The Hall–Kier alpha value is -1.89. The van der Waals surface area contributed by atoms with E-state index in [0.717, 1.165) is 9.13 Å². The van der Waals surface area contributed by atoms with Crippen molar-refractivity contribution in [2.45, 2.75) is 13.3 Å². The molecule has 1 heterocycles. The minimum absolute atomic E-state index is 0.140. The minimum Gasteiger partial charge on any atom is -0.507 e. The molecular weight excluding hydrogens is 379 g/mol. The lowest BCUT2D eigenvalue weighted by atomic mass is 10.1. The molecule has 0 aliphatic carbocycles. The van der Waals surface area contributed by atoms with Crippen molar-refractivity contribution in [1.29, 1.82) is 0 Å². The Labute approximate surface area is 136 Å². The van der Waals surface area contributed by atoms with Gasteiger partial charge in [-0.15, -0.1) is 0 Å². The Bertz CT molecular complexity index is 783. The molecule has 0 aliphatic rings. The maximum absolute atomic E-state index is 9.89. The molecule has 0 aliphatic heterocycles. The summed E-state index contributed by atoms with van der Waals surface area (Å²) in [6.07, 6.45) is 0.607. The molecule has 0 atom stereocenters. The first kappa shape index (κ1) is 14.1. The van der Waals surface area contributed by atoms with Crippen molar-refractivity contribution in [3.63, 3.8) is 0 Å². The lowest BCUT2D eigenvalue weighted by Gasteiger charge is -1.99. The summed E-state index contributed by atoms with van der Waals surface area (Å²) in [6.45, 7) is 2.05.